The molecular weight excluding hydrogens is 431 g/mol. The lowest BCUT2D eigenvalue weighted by Gasteiger charge is -2.12. The molecule has 0 radical (unpaired) electrons. The van der Waals surface area contributed by atoms with Crippen LogP contribution in [0.15, 0.2) is 17.0 Å². The van der Waals surface area contributed by atoms with E-state index in [2.05, 4.69) is 14.1 Å². The Morgan fingerprint density at radius 3 is 2.44 bits per heavy atom. The van der Waals surface area contributed by atoms with Crippen LogP contribution in [0.5, 0.6) is 0 Å². The van der Waals surface area contributed by atoms with Crippen LogP contribution in [0.2, 0.25) is 15.1 Å². The van der Waals surface area contributed by atoms with Crippen LogP contribution in [0.4, 0.5) is 5.13 Å². The first-order valence-corrected chi connectivity index (χ1v) is 10.3. The van der Waals surface area contributed by atoms with Crippen molar-refractivity contribution in [3.8, 4) is 0 Å². The first kappa shape index (κ1) is 20.2. The van der Waals surface area contributed by atoms with Crippen LogP contribution in [0.3, 0.4) is 0 Å². The molecule has 0 aliphatic heterocycles. The monoisotopic (exact) mass is 442 g/mol. The Morgan fingerprint density at radius 1 is 1.28 bits per heavy atom. The maximum absolute atomic E-state index is 12.5. The van der Waals surface area contributed by atoms with Gasteiger partial charge in [0.1, 0.15) is 4.90 Å². The molecule has 12 heteroatoms. The Balaban J connectivity index is 2.21. The van der Waals surface area contributed by atoms with Gasteiger partial charge in [0.25, 0.3) is 10.0 Å². The highest BCUT2D eigenvalue weighted by Gasteiger charge is 2.24. The topological polar surface area (TPSA) is 92.3 Å². The van der Waals surface area contributed by atoms with E-state index in [0.29, 0.717) is 6.54 Å². The molecule has 1 aromatic carbocycles. The van der Waals surface area contributed by atoms with Crippen LogP contribution in [-0.4, -0.2) is 42.2 Å². The number of anilines is 1. The number of sulfonamides is 1. The molecule has 25 heavy (non-hydrogen) atoms. The van der Waals surface area contributed by atoms with Gasteiger partial charge in [-0.15, -0.1) is 0 Å². The number of halogens is 3. The predicted octanol–water partition coefficient (Wildman–Crippen LogP) is 3.32. The van der Waals surface area contributed by atoms with Crippen LogP contribution in [0.25, 0.3) is 0 Å². The smallest absolute Gasteiger partial charge is 0.266 e. The lowest BCUT2D eigenvalue weighted by atomic mass is 10.3. The summed E-state index contributed by atoms with van der Waals surface area (Å²) in [6.45, 7) is 2.39. The maximum Gasteiger partial charge on any atom is 0.266 e. The molecule has 0 atom stereocenters. The minimum Gasteiger partial charge on any atom is -0.346 e. The average Bonchev–Trinajstić information content (AvgIpc) is 2.90. The lowest BCUT2D eigenvalue weighted by molar-refractivity contribution is -0.129. The third-order valence-electron chi connectivity index (χ3n) is 3.13. The third-order valence-corrected chi connectivity index (χ3v) is 6.41. The van der Waals surface area contributed by atoms with Crippen LogP contribution in [0, 0.1) is 0 Å². The molecule has 136 valence electrons. The SMILES string of the molecule is CCN(C)C(=O)Cc1nsc(NS(=O)(=O)c2c(Cl)cc(Cl)cc2Cl)n1. The summed E-state index contributed by atoms with van der Waals surface area (Å²) in [5.74, 6) is 0.0554. The van der Waals surface area contributed by atoms with E-state index in [1.807, 2.05) is 6.92 Å². The predicted molar refractivity (Wildman–Crippen MR) is 99.2 cm³/mol. The second kappa shape index (κ2) is 8.05. The van der Waals surface area contributed by atoms with Crippen molar-refractivity contribution in [1.82, 2.24) is 14.3 Å². The van der Waals surface area contributed by atoms with Crippen molar-refractivity contribution in [2.45, 2.75) is 18.2 Å². The van der Waals surface area contributed by atoms with Gasteiger partial charge in [-0.3, -0.25) is 9.52 Å². The Hall–Kier alpha value is -1.13. The van der Waals surface area contributed by atoms with Crippen molar-refractivity contribution in [3.05, 3.63) is 33.0 Å². The Morgan fingerprint density at radius 2 is 1.88 bits per heavy atom. The average molecular weight is 444 g/mol. The Kier molecular flexibility index (Phi) is 6.50. The first-order chi connectivity index (χ1) is 11.6. The molecule has 0 saturated carbocycles. The first-order valence-electron chi connectivity index (χ1n) is 6.88. The number of nitrogens with one attached hydrogen (secondary N) is 1. The van der Waals surface area contributed by atoms with Gasteiger partial charge in [0.05, 0.1) is 16.5 Å². The molecule has 0 spiro atoms. The Bertz CT molecular complexity index is 879. The van der Waals surface area contributed by atoms with E-state index in [0.717, 1.165) is 11.5 Å². The number of amides is 1. The van der Waals surface area contributed by atoms with Crippen molar-refractivity contribution in [2.75, 3.05) is 18.3 Å². The van der Waals surface area contributed by atoms with Gasteiger partial charge >= 0.3 is 0 Å². The van der Waals surface area contributed by atoms with Gasteiger partial charge in [0.15, 0.2) is 5.82 Å². The molecule has 0 bridgehead atoms. The second-order valence-corrected chi connectivity index (χ2v) is 8.53. The fourth-order valence-electron chi connectivity index (χ4n) is 1.77. The number of carbonyl (C=O) groups excluding carboxylic acids is 1. The molecule has 2 aromatic rings. The zero-order chi connectivity index (χ0) is 18.8. The molecule has 2 rings (SSSR count). The van der Waals surface area contributed by atoms with E-state index >= 15 is 0 Å². The lowest BCUT2D eigenvalue weighted by Crippen LogP contribution is -2.28. The number of hydrogen-bond donors (Lipinski definition) is 1. The minimum absolute atomic E-state index is 0.00374. The van der Waals surface area contributed by atoms with Gasteiger partial charge in [-0.05, 0) is 19.1 Å². The molecule has 0 unspecified atom stereocenters. The van der Waals surface area contributed by atoms with Crippen molar-refractivity contribution < 1.29 is 13.2 Å². The van der Waals surface area contributed by atoms with Crippen molar-refractivity contribution >= 4 is 67.4 Å². The molecule has 1 N–H and O–H groups in total. The molecular formula is C13H13Cl3N4O3S2. The normalized spacial score (nSPS) is 11.4. The zero-order valence-corrected chi connectivity index (χ0v) is 17.0. The number of carbonyl (C=O) groups is 1. The maximum atomic E-state index is 12.5. The summed E-state index contributed by atoms with van der Waals surface area (Å²) in [6.07, 6.45) is -0.0228. The molecule has 0 aliphatic rings. The summed E-state index contributed by atoms with van der Waals surface area (Å²) in [5, 5.41) is -0.0151. The largest absolute Gasteiger partial charge is 0.346 e. The number of nitrogens with zero attached hydrogens (tertiary/aromatic N) is 3. The van der Waals surface area contributed by atoms with E-state index in [9.17, 15) is 13.2 Å². The highest BCUT2D eigenvalue weighted by atomic mass is 35.5. The number of aromatic nitrogens is 2. The van der Waals surface area contributed by atoms with Gasteiger partial charge in [-0.2, -0.15) is 4.37 Å². The van der Waals surface area contributed by atoms with Gasteiger partial charge in [-0.1, -0.05) is 34.8 Å². The summed E-state index contributed by atoms with van der Waals surface area (Å²) in [6, 6.07) is 2.54. The van der Waals surface area contributed by atoms with Gasteiger partial charge < -0.3 is 4.90 Å². The highest BCUT2D eigenvalue weighted by molar-refractivity contribution is 7.93. The third kappa shape index (κ3) is 4.95. The molecule has 0 saturated heterocycles. The van der Waals surface area contributed by atoms with Crippen LogP contribution in [-0.2, 0) is 21.2 Å². The van der Waals surface area contributed by atoms with Crippen LogP contribution >= 0.6 is 46.3 Å². The standard InChI is InChI=1S/C13H13Cl3N4O3S2/c1-3-20(2)11(21)6-10-17-13(24-18-10)19-25(22,23)12-8(15)4-7(14)5-9(12)16/h4-5H,3,6H2,1-2H3,(H,17,18,19). The molecule has 0 fully saturated rings. The minimum atomic E-state index is -4.09. The highest BCUT2D eigenvalue weighted by Crippen LogP contribution is 2.33. The zero-order valence-electron chi connectivity index (χ0n) is 13.1. The number of hydrogen-bond acceptors (Lipinski definition) is 6. The van der Waals surface area contributed by atoms with Gasteiger partial charge in [0.2, 0.25) is 11.0 Å². The van der Waals surface area contributed by atoms with E-state index < -0.39 is 10.0 Å². The fraction of sp³-hybridized carbons (Fsp3) is 0.308. The van der Waals surface area contributed by atoms with Gasteiger partial charge in [0, 0.05) is 30.1 Å². The molecule has 7 nitrogen and oxygen atoms in total. The van der Waals surface area contributed by atoms with E-state index in [1.54, 1.807) is 7.05 Å². The molecule has 1 amide bonds. The van der Waals surface area contributed by atoms with E-state index in [4.69, 9.17) is 34.8 Å². The van der Waals surface area contributed by atoms with E-state index in [1.165, 1.54) is 17.0 Å². The van der Waals surface area contributed by atoms with Gasteiger partial charge in [-0.25, -0.2) is 13.4 Å². The summed E-state index contributed by atoms with van der Waals surface area (Å²) >= 11 is 18.5. The van der Waals surface area contributed by atoms with Crippen molar-refractivity contribution in [3.63, 3.8) is 0 Å². The summed E-state index contributed by atoms with van der Waals surface area (Å²) in [4.78, 5) is 17.1. The molecule has 1 heterocycles. The Labute approximate surface area is 164 Å². The summed E-state index contributed by atoms with van der Waals surface area (Å²) in [5.41, 5.74) is 0. The van der Waals surface area contributed by atoms with Crippen LogP contribution in [0.1, 0.15) is 12.7 Å². The van der Waals surface area contributed by atoms with Crippen molar-refractivity contribution in [2.24, 2.45) is 0 Å². The number of likely N-dealkylation sites (N-methyl/N-ethyl adjacent to an activating group) is 1. The molecule has 0 aliphatic carbocycles. The fourth-order valence-corrected chi connectivity index (χ4v) is 5.12. The number of rotatable bonds is 6. The second-order valence-electron chi connectivity index (χ2n) is 4.90. The quantitative estimate of drug-likeness (QED) is 0.739. The van der Waals surface area contributed by atoms with Crippen molar-refractivity contribution in [1.29, 1.82) is 0 Å². The summed E-state index contributed by atoms with van der Waals surface area (Å²) < 4.78 is 31.2. The van der Waals surface area contributed by atoms with Crippen LogP contribution < -0.4 is 4.72 Å². The molecule has 1 aromatic heterocycles. The summed E-state index contributed by atoms with van der Waals surface area (Å²) in [7, 11) is -2.43. The number of benzene rings is 1. The van der Waals surface area contributed by atoms with E-state index in [-0.39, 0.29) is 43.2 Å².